The summed E-state index contributed by atoms with van der Waals surface area (Å²) in [6.07, 6.45) is 0.657. The van der Waals surface area contributed by atoms with E-state index in [2.05, 4.69) is 16.0 Å². The third-order valence-electron chi connectivity index (χ3n) is 4.38. The van der Waals surface area contributed by atoms with Crippen molar-refractivity contribution >= 4 is 69.7 Å². The Morgan fingerprint density at radius 3 is 2.31 bits per heavy atom. The summed E-state index contributed by atoms with van der Waals surface area (Å²) in [4.78, 5) is 24.6. The average molecular weight is 517 g/mol. The van der Waals surface area contributed by atoms with Crippen LogP contribution in [0.15, 0.2) is 48.5 Å². The number of aryl methyl sites for hydroxylation is 1. The van der Waals surface area contributed by atoms with E-state index in [4.69, 9.17) is 51.8 Å². The maximum Gasteiger partial charge on any atom is 0.338 e. The van der Waals surface area contributed by atoms with Gasteiger partial charge >= 0.3 is 5.97 Å². The summed E-state index contributed by atoms with van der Waals surface area (Å²) in [7, 11) is 0. The molecule has 0 aliphatic carbocycles. The number of anilines is 1. The highest BCUT2D eigenvalue weighted by Crippen LogP contribution is 2.29. The summed E-state index contributed by atoms with van der Waals surface area (Å²) in [6, 6.07) is 13.6. The normalized spacial score (nSPS) is 11.9. The summed E-state index contributed by atoms with van der Waals surface area (Å²) in [5.74, 6) is -0.804. The van der Waals surface area contributed by atoms with Crippen LogP contribution in [0.4, 0.5) is 5.69 Å². The van der Waals surface area contributed by atoms with Crippen molar-refractivity contribution in [2.75, 3.05) is 11.9 Å². The molecule has 0 bridgehead atoms. The molecule has 0 fully saturated rings. The van der Waals surface area contributed by atoms with Crippen LogP contribution < -0.4 is 16.0 Å². The van der Waals surface area contributed by atoms with Gasteiger partial charge < -0.3 is 20.7 Å². The molecule has 1 amide bonds. The molecule has 2 aromatic carbocycles. The number of halogens is 3. The van der Waals surface area contributed by atoms with Crippen molar-refractivity contribution in [2.45, 2.75) is 36.6 Å². The van der Waals surface area contributed by atoms with Crippen LogP contribution in [-0.2, 0) is 4.74 Å². The second-order valence-electron chi connectivity index (χ2n) is 6.93. The zero-order valence-electron chi connectivity index (χ0n) is 17.6. The Morgan fingerprint density at radius 2 is 1.72 bits per heavy atom. The highest BCUT2D eigenvalue weighted by molar-refractivity contribution is 7.80. The van der Waals surface area contributed by atoms with Gasteiger partial charge in [-0.3, -0.25) is 4.79 Å². The van der Waals surface area contributed by atoms with Crippen LogP contribution in [0.5, 0.6) is 0 Å². The summed E-state index contributed by atoms with van der Waals surface area (Å²) in [5, 5.41) is 8.49. The number of ether oxygens (including phenoxy) is 1. The molecule has 0 radical (unpaired) electrons. The number of rotatable bonds is 8. The number of amides is 1. The lowest BCUT2D eigenvalue weighted by molar-refractivity contribution is 0.0499. The Balaban J connectivity index is 1.99. The highest BCUT2D eigenvalue weighted by Gasteiger charge is 2.35. The van der Waals surface area contributed by atoms with Gasteiger partial charge in [-0.25, -0.2) is 4.79 Å². The third-order valence-corrected chi connectivity index (χ3v) is 5.25. The lowest BCUT2D eigenvalue weighted by Gasteiger charge is -2.28. The van der Waals surface area contributed by atoms with Gasteiger partial charge in [-0.1, -0.05) is 66.3 Å². The van der Waals surface area contributed by atoms with E-state index in [9.17, 15) is 9.59 Å². The minimum Gasteiger partial charge on any atom is -0.462 e. The molecule has 6 nitrogen and oxygen atoms in total. The van der Waals surface area contributed by atoms with E-state index in [0.29, 0.717) is 23.4 Å². The number of unbranched alkanes of at least 4 members (excludes halogenated alkanes) is 1. The van der Waals surface area contributed by atoms with Gasteiger partial charge in [-0.15, -0.1) is 0 Å². The molecule has 0 saturated heterocycles. The zero-order chi connectivity index (χ0) is 23.7. The first-order chi connectivity index (χ1) is 15.1. The number of alkyl halides is 3. The lowest BCUT2D eigenvalue weighted by atomic mass is 10.1. The minimum atomic E-state index is -1.88. The first-order valence-corrected chi connectivity index (χ1v) is 11.4. The first kappa shape index (κ1) is 26.2. The monoisotopic (exact) mass is 515 g/mol. The van der Waals surface area contributed by atoms with Crippen LogP contribution in [0.2, 0.25) is 0 Å². The fraction of sp³-hybridized carbons (Fsp3) is 0.318. The number of carbonyl (C=O) groups is 2. The number of hydrogen-bond donors (Lipinski definition) is 3. The smallest absolute Gasteiger partial charge is 0.338 e. The molecule has 0 spiro atoms. The summed E-state index contributed by atoms with van der Waals surface area (Å²) < 4.78 is 3.30. The summed E-state index contributed by atoms with van der Waals surface area (Å²) in [5.41, 5.74) is 2.26. The van der Waals surface area contributed by atoms with Crippen molar-refractivity contribution in [1.82, 2.24) is 10.6 Å². The highest BCUT2D eigenvalue weighted by atomic mass is 35.6. The van der Waals surface area contributed by atoms with Gasteiger partial charge in [0.2, 0.25) is 3.79 Å². The number of hydrogen-bond acceptors (Lipinski definition) is 4. The van der Waals surface area contributed by atoms with E-state index < -0.39 is 15.9 Å². The molecule has 1 atom stereocenters. The zero-order valence-corrected chi connectivity index (χ0v) is 20.7. The van der Waals surface area contributed by atoms with Crippen LogP contribution in [0.1, 0.15) is 46.0 Å². The van der Waals surface area contributed by atoms with Crippen molar-refractivity contribution < 1.29 is 14.3 Å². The molecular weight excluding hydrogens is 493 g/mol. The third kappa shape index (κ3) is 8.13. The van der Waals surface area contributed by atoms with Gasteiger partial charge in [0.1, 0.15) is 6.17 Å². The second-order valence-corrected chi connectivity index (χ2v) is 9.71. The number of benzene rings is 2. The maximum absolute atomic E-state index is 12.6. The molecule has 0 unspecified atom stereocenters. The van der Waals surface area contributed by atoms with E-state index in [-0.39, 0.29) is 11.1 Å². The molecule has 172 valence electrons. The Bertz CT molecular complexity index is 949. The SMILES string of the molecule is CCCCOC(=O)c1ccc(NC(=S)N[C@H](NC(=O)c2ccccc2C)C(Cl)(Cl)Cl)cc1. The lowest BCUT2D eigenvalue weighted by Crippen LogP contribution is -2.56. The molecule has 32 heavy (non-hydrogen) atoms. The molecule has 10 heteroatoms. The molecule has 0 aromatic heterocycles. The van der Waals surface area contributed by atoms with Gasteiger partial charge in [0, 0.05) is 11.3 Å². The van der Waals surface area contributed by atoms with Gasteiger partial charge in [0.05, 0.1) is 12.2 Å². The topological polar surface area (TPSA) is 79.5 Å². The van der Waals surface area contributed by atoms with Crippen LogP contribution >= 0.6 is 47.0 Å². The molecule has 2 aromatic rings. The number of carbonyl (C=O) groups excluding carboxylic acids is 2. The fourth-order valence-electron chi connectivity index (χ4n) is 2.62. The molecule has 0 heterocycles. The fourth-order valence-corrected chi connectivity index (χ4v) is 3.18. The van der Waals surface area contributed by atoms with Crippen molar-refractivity contribution in [3.05, 3.63) is 65.2 Å². The van der Waals surface area contributed by atoms with Crippen LogP contribution in [0.25, 0.3) is 0 Å². The van der Waals surface area contributed by atoms with E-state index in [1.54, 1.807) is 36.4 Å². The van der Waals surface area contributed by atoms with Gasteiger partial charge in [-0.2, -0.15) is 0 Å². The maximum atomic E-state index is 12.6. The van der Waals surface area contributed by atoms with Crippen molar-refractivity contribution in [3.8, 4) is 0 Å². The molecule has 2 rings (SSSR count). The van der Waals surface area contributed by atoms with E-state index in [1.165, 1.54) is 0 Å². The standard InChI is InChI=1S/C22H24Cl3N3O3S/c1-3-4-13-31-19(30)15-9-11-16(12-10-15)26-21(32)28-20(22(23,24)25)27-18(29)17-8-6-5-7-14(17)2/h5-12,20H,3-4,13H2,1-2H3,(H,27,29)(H2,26,28,32)/t20-/m0/s1. The van der Waals surface area contributed by atoms with Gasteiger partial charge in [0.15, 0.2) is 5.11 Å². The van der Waals surface area contributed by atoms with Gasteiger partial charge in [0.25, 0.3) is 5.91 Å². The van der Waals surface area contributed by atoms with Crippen LogP contribution in [-0.4, -0.2) is 33.6 Å². The number of esters is 1. The van der Waals surface area contributed by atoms with Crippen LogP contribution in [0.3, 0.4) is 0 Å². The predicted molar refractivity (Wildman–Crippen MR) is 134 cm³/mol. The average Bonchev–Trinajstić information content (AvgIpc) is 2.73. The first-order valence-electron chi connectivity index (χ1n) is 9.89. The van der Waals surface area contributed by atoms with Gasteiger partial charge in [-0.05, 0) is 61.5 Å². The van der Waals surface area contributed by atoms with Crippen LogP contribution in [0, 0.1) is 6.92 Å². The van der Waals surface area contributed by atoms with E-state index in [1.807, 2.05) is 26.0 Å². The van der Waals surface area contributed by atoms with E-state index in [0.717, 1.165) is 18.4 Å². The Hall–Kier alpha value is -2.06. The van der Waals surface area contributed by atoms with Crippen molar-refractivity contribution in [1.29, 1.82) is 0 Å². The quantitative estimate of drug-likeness (QED) is 0.144. The molecule has 0 aliphatic rings. The van der Waals surface area contributed by atoms with Crippen molar-refractivity contribution in [3.63, 3.8) is 0 Å². The Kier molecular flexibility index (Phi) is 10.0. The van der Waals surface area contributed by atoms with Crippen molar-refractivity contribution in [2.24, 2.45) is 0 Å². The summed E-state index contributed by atoms with van der Waals surface area (Å²) >= 11 is 23.4. The molecule has 0 aliphatic heterocycles. The largest absolute Gasteiger partial charge is 0.462 e. The van der Waals surface area contributed by atoms with E-state index >= 15 is 0 Å². The minimum absolute atomic E-state index is 0.115. The predicted octanol–water partition coefficient (Wildman–Crippen LogP) is 5.36. The summed E-state index contributed by atoms with van der Waals surface area (Å²) in [6.45, 7) is 4.21. The molecule has 3 N–H and O–H groups in total. The second kappa shape index (κ2) is 12.3. The Labute approximate surface area is 207 Å². The Morgan fingerprint density at radius 1 is 1.06 bits per heavy atom. The molecule has 0 saturated carbocycles. The molecular formula is C22H24Cl3N3O3S. The number of thiocarbonyl (C=S) groups is 1. The number of nitrogens with one attached hydrogen (secondary N) is 3.